The van der Waals surface area contributed by atoms with E-state index in [0.717, 1.165) is 12.2 Å². The average Bonchev–Trinajstić information content (AvgIpc) is 2.41. The molecule has 0 spiro atoms. The van der Waals surface area contributed by atoms with Crippen LogP contribution in [0.15, 0.2) is 6.20 Å². The topological polar surface area (TPSA) is 50.1 Å². The molecular weight excluding hydrogens is 166 g/mol. The highest BCUT2D eigenvalue weighted by Gasteiger charge is 2.04. The van der Waals surface area contributed by atoms with Gasteiger partial charge in [0.05, 0.1) is 12.3 Å². The molecule has 0 fully saturated rings. The Hall–Kier alpha value is -0.870. The van der Waals surface area contributed by atoms with Crippen LogP contribution in [0.4, 0.5) is 0 Å². The molecule has 0 radical (unpaired) electrons. The maximum atomic E-state index is 8.80. The van der Waals surface area contributed by atoms with Gasteiger partial charge in [-0.05, 0) is 13.8 Å². The maximum absolute atomic E-state index is 8.80. The van der Waals surface area contributed by atoms with Crippen LogP contribution in [0.25, 0.3) is 0 Å². The first kappa shape index (κ1) is 10.2. The molecular formula is C9H17N3O. The van der Waals surface area contributed by atoms with Gasteiger partial charge in [-0.2, -0.15) is 5.10 Å². The monoisotopic (exact) mass is 183 g/mol. The molecule has 0 aliphatic carbocycles. The Morgan fingerprint density at radius 1 is 1.69 bits per heavy atom. The molecule has 1 heterocycles. The third-order valence-corrected chi connectivity index (χ3v) is 2.03. The second-order valence-corrected chi connectivity index (χ2v) is 3.38. The minimum absolute atomic E-state index is 0.139. The standard InChI is InChI=1S/C9H17N3O/c1-7(6-13)10-4-9-5-12(3)11-8(9)2/h5,7,10,13H,4,6H2,1-3H3. The highest BCUT2D eigenvalue weighted by Crippen LogP contribution is 2.03. The predicted octanol–water partition coefficient (Wildman–Crippen LogP) is 0.199. The van der Waals surface area contributed by atoms with Crippen molar-refractivity contribution in [1.82, 2.24) is 15.1 Å². The van der Waals surface area contributed by atoms with Crippen molar-refractivity contribution >= 4 is 0 Å². The Morgan fingerprint density at radius 3 is 2.85 bits per heavy atom. The van der Waals surface area contributed by atoms with Crippen molar-refractivity contribution in [1.29, 1.82) is 0 Å². The number of rotatable bonds is 4. The number of aliphatic hydroxyl groups excluding tert-OH is 1. The molecule has 4 nitrogen and oxygen atoms in total. The lowest BCUT2D eigenvalue weighted by Crippen LogP contribution is -2.28. The molecule has 0 bridgehead atoms. The van der Waals surface area contributed by atoms with E-state index in [-0.39, 0.29) is 12.6 Å². The lowest BCUT2D eigenvalue weighted by atomic mass is 10.2. The zero-order chi connectivity index (χ0) is 9.84. The number of hydrogen-bond donors (Lipinski definition) is 2. The molecule has 1 unspecified atom stereocenters. The normalized spacial score (nSPS) is 13.2. The minimum Gasteiger partial charge on any atom is -0.395 e. The van der Waals surface area contributed by atoms with Crippen molar-refractivity contribution in [3.8, 4) is 0 Å². The van der Waals surface area contributed by atoms with Gasteiger partial charge >= 0.3 is 0 Å². The number of aryl methyl sites for hydroxylation is 2. The number of aromatic nitrogens is 2. The van der Waals surface area contributed by atoms with Crippen molar-refractivity contribution < 1.29 is 5.11 Å². The van der Waals surface area contributed by atoms with Crippen LogP contribution < -0.4 is 5.32 Å². The van der Waals surface area contributed by atoms with Gasteiger partial charge in [0.25, 0.3) is 0 Å². The molecule has 1 rings (SSSR count). The predicted molar refractivity (Wildman–Crippen MR) is 51.3 cm³/mol. The van der Waals surface area contributed by atoms with Gasteiger partial charge in [-0.3, -0.25) is 4.68 Å². The summed E-state index contributed by atoms with van der Waals surface area (Å²) in [6.07, 6.45) is 1.99. The molecule has 0 aromatic carbocycles. The Morgan fingerprint density at radius 2 is 2.38 bits per heavy atom. The van der Waals surface area contributed by atoms with Crippen molar-refractivity contribution in [3.63, 3.8) is 0 Å². The first-order valence-corrected chi connectivity index (χ1v) is 4.47. The summed E-state index contributed by atoms with van der Waals surface area (Å²) in [5.41, 5.74) is 2.22. The van der Waals surface area contributed by atoms with Crippen LogP contribution in [0.3, 0.4) is 0 Å². The van der Waals surface area contributed by atoms with Crippen LogP contribution in [0.2, 0.25) is 0 Å². The van der Waals surface area contributed by atoms with Gasteiger partial charge in [-0.15, -0.1) is 0 Å². The molecule has 4 heteroatoms. The van der Waals surface area contributed by atoms with Crippen LogP contribution in [0, 0.1) is 6.92 Å². The molecule has 0 aliphatic rings. The van der Waals surface area contributed by atoms with Gasteiger partial charge in [0.1, 0.15) is 0 Å². The largest absolute Gasteiger partial charge is 0.395 e. The van der Waals surface area contributed by atoms with Crippen molar-refractivity contribution in [2.75, 3.05) is 6.61 Å². The van der Waals surface area contributed by atoms with Crippen molar-refractivity contribution in [3.05, 3.63) is 17.5 Å². The van der Waals surface area contributed by atoms with E-state index >= 15 is 0 Å². The van der Waals surface area contributed by atoms with E-state index in [2.05, 4.69) is 10.4 Å². The quantitative estimate of drug-likeness (QED) is 0.701. The molecule has 0 saturated heterocycles. The van der Waals surface area contributed by atoms with E-state index < -0.39 is 0 Å². The highest BCUT2D eigenvalue weighted by atomic mass is 16.3. The fourth-order valence-electron chi connectivity index (χ4n) is 1.17. The summed E-state index contributed by atoms with van der Waals surface area (Å²) in [4.78, 5) is 0. The Kier molecular flexibility index (Phi) is 3.45. The van der Waals surface area contributed by atoms with E-state index in [1.807, 2.05) is 27.1 Å². The van der Waals surface area contributed by atoms with Gasteiger partial charge in [0.15, 0.2) is 0 Å². The van der Waals surface area contributed by atoms with E-state index in [1.54, 1.807) is 4.68 Å². The second kappa shape index (κ2) is 4.39. The minimum atomic E-state index is 0.139. The second-order valence-electron chi connectivity index (χ2n) is 3.38. The summed E-state index contributed by atoms with van der Waals surface area (Å²) in [6.45, 7) is 4.87. The lowest BCUT2D eigenvalue weighted by Gasteiger charge is -2.09. The first-order valence-electron chi connectivity index (χ1n) is 4.47. The van der Waals surface area contributed by atoms with Crippen LogP contribution >= 0.6 is 0 Å². The van der Waals surface area contributed by atoms with Crippen LogP contribution in [-0.2, 0) is 13.6 Å². The summed E-state index contributed by atoms with van der Waals surface area (Å²) < 4.78 is 1.80. The van der Waals surface area contributed by atoms with E-state index in [0.29, 0.717) is 0 Å². The molecule has 13 heavy (non-hydrogen) atoms. The van der Waals surface area contributed by atoms with Crippen LogP contribution in [-0.4, -0.2) is 27.5 Å². The summed E-state index contributed by atoms with van der Waals surface area (Å²) in [5.74, 6) is 0. The Bertz CT molecular complexity index is 270. The van der Waals surface area contributed by atoms with Crippen molar-refractivity contribution in [2.24, 2.45) is 7.05 Å². The van der Waals surface area contributed by atoms with E-state index in [1.165, 1.54) is 5.56 Å². The van der Waals surface area contributed by atoms with E-state index in [9.17, 15) is 0 Å². The summed E-state index contributed by atoms with van der Waals surface area (Å²) in [6, 6.07) is 0.139. The number of nitrogens with one attached hydrogen (secondary N) is 1. The molecule has 0 saturated carbocycles. The molecule has 0 aliphatic heterocycles. The lowest BCUT2D eigenvalue weighted by molar-refractivity contribution is 0.251. The van der Waals surface area contributed by atoms with Gasteiger partial charge in [-0.25, -0.2) is 0 Å². The maximum Gasteiger partial charge on any atom is 0.0638 e. The highest BCUT2D eigenvalue weighted by molar-refractivity contribution is 5.14. The summed E-state index contributed by atoms with van der Waals surface area (Å²) >= 11 is 0. The number of nitrogens with zero attached hydrogens (tertiary/aromatic N) is 2. The molecule has 0 amide bonds. The molecule has 1 aromatic rings. The first-order chi connectivity index (χ1) is 6.13. The zero-order valence-electron chi connectivity index (χ0n) is 8.41. The van der Waals surface area contributed by atoms with E-state index in [4.69, 9.17) is 5.11 Å². The number of aliphatic hydroxyl groups is 1. The fourth-order valence-corrected chi connectivity index (χ4v) is 1.17. The van der Waals surface area contributed by atoms with Crippen molar-refractivity contribution in [2.45, 2.75) is 26.4 Å². The molecule has 1 aromatic heterocycles. The Labute approximate surface area is 78.6 Å². The molecule has 1 atom stereocenters. The molecule has 2 N–H and O–H groups in total. The third-order valence-electron chi connectivity index (χ3n) is 2.03. The fraction of sp³-hybridized carbons (Fsp3) is 0.667. The summed E-state index contributed by atoms with van der Waals surface area (Å²) in [5, 5.41) is 16.2. The van der Waals surface area contributed by atoms with Gasteiger partial charge in [0, 0.05) is 31.4 Å². The summed E-state index contributed by atoms with van der Waals surface area (Å²) in [7, 11) is 1.91. The van der Waals surface area contributed by atoms with Crippen LogP contribution in [0.5, 0.6) is 0 Å². The third kappa shape index (κ3) is 2.82. The zero-order valence-corrected chi connectivity index (χ0v) is 8.41. The van der Waals surface area contributed by atoms with Crippen LogP contribution in [0.1, 0.15) is 18.2 Å². The smallest absolute Gasteiger partial charge is 0.0638 e. The average molecular weight is 183 g/mol. The Balaban J connectivity index is 2.49. The number of hydrogen-bond acceptors (Lipinski definition) is 3. The SMILES string of the molecule is Cc1nn(C)cc1CNC(C)CO. The van der Waals surface area contributed by atoms with Gasteiger partial charge in [0.2, 0.25) is 0 Å². The van der Waals surface area contributed by atoms with Gasteiger partial charge in [-0.1, -0.05) is 0 Å². The van der Waals surface area contributed by atoms with Gasteiger partial charge < -0.3 is 10.4 Å². The molecule has 74 valence electrons.